The molecule has 1 N–H and O–H groups in total. The zero-order valence-corrected chi connectivity index (χ0v) is 12.0. The van der Waals surface area contributed by atoms with Crippen LogP contribution in [0.15, 0.2) is 47.4 Å². The molecule has 0 saturated carbocycles. The van der Waals surface area contributed by atoms with Crippen LogP contribution in [-0.4, -0.2) is 17.7 Å². The highest BCUT2D eigenvalue weighted by atomic mass is 19.1. The molecule has 0 bridgehead atoms. The summed E-state index contributed by atoms with van der Waals surface area (Å²) in [4.78, 5) is 11.6. The van der Waals surface area contributed by atoms with Crippen molar-refractivity contribution in [1.82, 2.24) is 9.88 Å². The van der Waals surface area contributed by atoms with Gasteiger partial charge in [0.15, 0.2) is 11.6 Å². The normalized spacial score (nSPS) is 10.6. The van der Waals surface area contributed by atoms with Crippen LogP contribution < -0.4 is 15.6 Å². The Morgan fingerprint density at radius 1 is 1.24 bits per heavy atom. The molecule has 0 aliphatic carbocycles. The molecule has 0 radical (unpaired) electrons. The van der Waals surface area contributed by atoms with Crippen molar-refractivity contribution in [3.05, 3.63) is 64.3 Å². The lowest BCUT2D eigenvalue weighted by atomic mass is 10.2. The van der Waals surface area contributed by atoms with Crippen molar-refractivity contribution >= 4 is 0 Å². The molecule has 0 saturated heterocycles. The maximum Gasteiger partial charge on any atom is 0.250 e. The fraction of sp³-hybridized carbons (Fsp3) is 0.312. The van der Waals surface area contributed by atoms with Crippen LogP contribution in [0.1, 0.15) is 12.5 Å². The Bertz CT molecular complexity index is 640. The third-order valence-electron chi connectivity index (χ3n) is 3.09. The summed E-state index contributed by atoms with van der Waals surface area (Å²) in [6.45, 7) is 3.96. The van der Waals surface area contributed by atoms with E-state index in [1.807, 2.05) is 13.0 Å². The van der Waals surface area contributed by atoms with Crippen LogP contribution in [0.25, 0.3) is 0 Å². The second-order valence-electron chi connectivity index (χ2n) is 4.59. The van der Waals surface area contributed by atoms with E-state index >= 15 is 0 Å². The highest BCUT2D eigenvalue weighted by Crippen LogP contribution is 2.22. The predicted molar refractivity (Wildman–Crippen MR) is 80.0 cm³/mol. The zero-order valence-electron chi connectivity index (χ0n) is 12.0. The molecule has 0 atom stereocenters. The first-order valence-electron chi connectivity index (χ1n) is 6.98. The first-order chi connectivity index (χ1) is 10.2. The Labute approximate surface area is 123 Å². The molecule has 0 aliphatic heterocycles. The minimum atomic E-state index is -0.384. The highest BCUT2D eigenvalue weighted by molar-refractivity contribution is 5.34. The quantitative estimate of drug-likeness (QED) is 0.850. The number of pyridine rings is 1. The molecule has 2 aromatic rings. The van der Waals surface area contributed by atoms with Gasteiger partial charge in [-0.3, -0.25) is 4.79 Å². The summed E-state index contributed by atoms with van der Waals surface area (Å²) < 4.78 is 20.9. The van der Waals surface area contributed by atoms with E-state index in [2.05, 4.69) is 5.32 Å². The van der Waals surface area contributed by atoms with Gasteiger partial charge in [0.1, 0.15) is 6.61 Å². The van der Waals surface area contributed by atoms with Crippen molar-refractivity contribution < 1.29 is 9.13 Å². The standard InChI is InChI=1S/C16H19FN2O2/c1-2-18-12-13-6-5-7-14(17)16(13)21-11-10-19-9-4-3-8-15(19)20/h3-9,18H,2,10-12H2,1H3. The Kier molecular flexibility index (Phi) is 5.51. The molecule has 1 aromatic carbocycles. The molecule has 4 nitrogen and oxygen atoms in total. The molecule has 112 valence electrons. The Morgan fingerprint density at radius 2 is 2.10 bits per heavy atom. The molecule has 0 unspecified atom stereocenters. The van der Waals surface area contributed by atoms with Crippen LogP contribution in [0.3, 0.4) is 0 Å². The van der Waals surface area contributed by atoms with Gasteiger partial charge in [0.05, 0.1) is 6.54 Å². The van der Waals surface area contributed by atoms with Crippen LogP contribution in [0.2, 0.25) is 0 Å². The van der Waals surface area contributed by atoms with E-state index in [-0.39, 0.29) is 23.7 Å². The summed E-state index contributed by atoms with van der Waals surface area (Å²) >= 11 is 0. The number of nitrogens with zero attached hydrogens (tertiary/aromatic N) is 1. The highest BCUT2D eigenvalue weighted by Gasteiger charge is 2.09. The summed E-state index contributed by atoms with van der Waals surface area (Å²) in [5.41, 5.74) is 0.680. The Hall–Kier alpha value is -2.14. The maximum atomic E-state index is 13.9. The number of nitrogens with one attached hydrogen (secondary N) is 1. The van der Waals surface area contributed by atoms with Gasteiger partial charge in [-0.15, -0.1) is 0 Å². The fourth-order valence-electron chi connectivity index (χ4n) is 2.01. The van der Waals surface area contributed by atoms with Crippen LogP contribution >= 0.6 is 0 Å². The molecule has 1 aromatic heterocycles. The molecular formula is C16H19FN2O2. The minimum absolute atomic E-state index is 0.0949. The predicted octanol–water partition coefficient (Wildman–Crippen LogP) is 2.18. The summed E-state index contributed by atoms with van der Waals surface area (Å²) in [5.74, 6) is -0.131. The average molecular weight is 290 g/mol. The lowest BCUT2D eigenvalue weighted by molar-refractivity contribution is 0.279. The molecule has 0 spiro atoms. The number of hydrogen-bond acceptors (Lipinski definition) is 3. The molecule has 2 rings (SSSR count). The van der Waals surface area contributed by atoms with Crippen molar-refractivity contribution in [2.24, 2.45) is 0 Å². The van der Waals surface area contributed by atoms with Crippen molar-refractivity contribution in [2.75, 3.05) is 13.2 Å². The summed E-state index contributed by atoms with van der Waals surface area (Å²) in [6.07, 6.45) is 1.69. The first kappa shape index (κ1) is 15.3. The van der Waals surface area contributed by atoms with Crippen LogP contribution in [0.4, 0.5) is 4.39 Å². The second-order valence-corrected chi connectivity index (χ2v) is 4.59. The maximum absolute atomic E-state index is 13.9. The van der Waals surface area contributed by atoms with Gasteiger partial charge < -0.3 is 14.6 Å². The third-order valence-corrected chi connectivity index (χ3v) is 3.09. The van der Waals surface area contributed by atoms with Gasteiger partial charge in [0.2, 0.25) is 0 Å². The molecule has 21 heavy (non-hydrogen) atoms. The van der Waals surface area contributed by atoms with E-state index in [9.17, 15) is 9.18 Å². The summed E-state index contributed by atoms with van der Waals surface area (Å²) in [5, 5.41) is 3.15. The molecule has 0 amide bonds. The van der Waals surface area contributed by atoms with Crippen LogP contribution in [0.5, 0.6) is 5.75 Å². The van der Waals surface area contributed by atoms with E-state index in [4.69, 9.17) is 4.74 Å². The average Bonchev–Trinajstić information content (AvgIpc) is 2.49. The van der Waals surface area contributed by atoms with Gasteiger partial charge in [-0.25, -0.2) is 4.39 Å². The van der Waals surface area contributed by atoms with Gasteiger partial charge in [-0.05, 0) is 18.7 Å². The molecule has 0 aliphatic rings. The van der Waals surface area contributed by atoms with E-state index in [0.717, 1.165) is 12.1 Å². The monoisotopic (exact) mass is 290 g/mol. The second kappa shape index (κ2) is 7.59. The van der Waals surface area contributed by atoms with Crippen molar-refractivity contribution in [1.29, 1.82) is 0 Å². The lowest BCUT2D eigenvalue weighted by Crippen LogP contribution is -2.22. The van der Waals surface area contributed by atoms with Crippen molar-refractivity contribution in [2.45, 2.75) is 20.0 Å². The SMILES string of the molecule is CCNCc1cccc(F)c1OCCn1ccccc1=O. The largest absolute Gasteiger partial charge is 0.488 e. The van der Waals surface area contributed by atoms with Gasteiger partial charge >= 0.3 is 0 Å². The Balaban J connectivity index is 2.02. The number of rotatable bonds is 7. The lowest BCUT2D eigenvalue weighted by Gasteiger charge is -2.13. The molecule has 1 heterocycles. The van der Waals surface area contributed by atoms with E-state index in [1.54, 1.807) is 24.4 Å². The van der Waals surface area contributed by atoms with E-state index in [0.29, 0.717) is 13.1 Å². The van der Waals surface area contributed by atoms with Crippen LogP contribution in [0, 0.1) is 5.82 Å². The third kappa shape index (κ3) is 4.16. The minimum Gasteiger partial charge on any atom is -0.488 e. The van der Waals surface area contributed by atoms with Crippen LogP contribution in [-0.2, 0) is 13.1 Å². The number of benzene rings is 1. The van der Waals surface area contributed by atoms with Crippen molar-refractivity contribution in [3.8, 4) is 5.75 Å². The summed E-state index contributed by atoms with van der Waals surface area (Å²) in [6, 6.07) is 9.82. The molecular weight excluding hydrogens is 271 g/mol. The number of para-hydroxylation sites is 1. The number of halogens is 1. The topological polar surface area (TPSA) is 43.3 Å². The van der Waals surface area contributed by atoms with Crippen molar-refractivity contribution in [3.63, 3.8) is 0 Å². The fourth-order valence-corrected chi connectivity index (χ4v) is 2.01. The van der Waals surface area contributed by atoms with Gasteiger partial charge in [-0.1, -0.05) is 25.1 Å². The Morgan fingerprint density at radius 3 is 2.86 bits per heavy atom. The first-order valence-corrected chi connectivity index (χ1v) is 6.98. The van der Waals surface area contributed by atoms with E-state index in [1.165, 1.54) is 16.7 Å². The number of aromatic nitrogens is 1. The van der Waals surface area contributed by atoms with Gasteiger partial charge in [0.25, 0.3) is 5.56 Å². The zero-order chi connectivity index (χ0) is 15.1. The number of ether oxygens (including phenoxy) is 1. The summed E-state index contributed by atoms with van der Waals surface area (Å²) in [7, 11) is 0. The van der Waals surface area contributed by atoms with Gasteiger partial charge in [0, 0.05) is 24.4 Å². The van der Waals surface area contributed by atoms with Gasteiger partial charge in [-0.2, -0.15) is 0 Å². The number of hydrogen-bond donors (Lipinski definition) is 1. The smallest absolute Gasteiger partial charge is 0.250 e. The molecule has 5 heteroatoms. The molecule has 0 fully saturated rings. The van der Waals surface area contributed by atoms with E-state index < -0.39 is 0 Å².